The third-order valence-corrected chi connectivity index (χ3v) is 15.9. The lowest BCUT2D eigenvalue weighted by Crippen LogP contribution is -2.74. The van der Waals surface area contributed by atoms with E-state index < -0.39 is 16.9 Å². The van der Waals surface area contributed by atoms with Crippen molar-refractivity contribution in [3.8, 4) is 11.8 Å². The monoisotopic (exact) mass is 878 g/mol. The van der Waals surface area contributed by atoms with Crippen LogP contribution in [0.15, 0.2) is 71.5 Å². The molecule has 5 heterocycles. The van der Waals surface area contributed by atoms with E-state index in [1.54, 1.807) is 23.1 Å². The summed E-state index contributed by atoms with van der Waals surface area (Å²) >= 11 is 0. The summed E-state index contributed by atoms with van der Waals surface area (Å²) in [5.41, 5.74) is 4.69. The highest BCUT2D eigenvalue weighted by molar-refractivity contribution is 6.05. The maximum atomic E-state index is 13.7. The summed E-state index contributed by atoms with van der Waals surface area (Å²) in [7, 11) is 0. The minimum atomic E-state index is -0.599. The molecule has 338 valence electrons. The predicted molar refractivity (Wildman–Crippen MR) is 247 cm³/mol. The minimum Gasteiger partial charge on any atom is -0.488 e. The molecule has 0 radical (unpaired) electrons. The smallest absolute Gasteiger partial charge is 0.255 e. The molecule has 4 amide bonds. The molecule has 6 aliphatic rings. The van der Waals surface area contributed by atoms with E-state index >= 15 is 0 Å². The van der Waals surface area contributed by atoms with Gasteiger partial charge in [0.05, 0.1) is 11.1 Å². The van der Waals surface area contributed by atoms with Gasteiger partial charge < -0.3 is 29.7 Å². The average Bonchev–Trinajstić information content (AvgIpc) is 3.61. The number of nitriles is 1. The number of piperidine rings is 2. The van der Waals surface area contributed by atoms with Crippen LogP contribution in [0.4, 0.5) is 11.4 Å². The minimum absolute atomic E-state index is 0.108. The summed E-state index contributed by atoms with van der Waals surface area (Å²) in [6, 6.07) is 22.1. The number of fused-ring (bicyclic) bond motifs is 2. The second-order valence-corrected chi connectivity index (χ2v) is 20.7. The first-order valence-electron chi connectivity index (χ1n) is 23.3. The summed E-state index contributed by atoms with van der Waals surface area (Å²) in [6.45, 7) is 15.9. The van der Waals surface area contributed by atoms with Crippen molar-refractivity contribution in [3.05, 3.63) is 99.3 Å². The number of nitrogens with one attached hydrogen (secondary N) is 3. The van der Waals surface area contributed by atoms with E-state index in [1.165, 1.54) is 31.7 Å². The number of carbonyl (C=O) groups is 4. The fourth-order valence-electron chi connectivity index (χ4n) is 12.6. The number of carbonyl (C=O) groups excluding carboxylic acids is 4. The molecule has 65 heavy (non-hydrogen) atoms. The number of hydrogen-bond donors (Lipinski definition) is 3. The van der Waals surface area contributed by atoms with Crippen LogP contribution in [0.5, 0.6) is 5.75 Å². The first-order chi connectivity index (χ1) is 31.1. The number of H-pyrrole nitrogens is 1. The fraction of sp³-hybridized carbons (Fsp3) is 0.490. The van der Waals surface area contributed by atoms with E-state index in [4.69, 9.17) is 4.74 Å². The van der Waals surface area contributed by atoms with Gasteiger partial charge in [-0.2, -0.15) is 5.26 Å². The van der Waals surface area contributed by atoms with E-state index in [-0.39, 0.29) is 47.8 Å². The van der Waals surface area contributed by atoms with Crippen LogP contribution in [0.2, 0.25) is 0 Å². The Kier molecular flexibility index (Phi) is 10.5. The van der Waals surface area contributed by atoms with Crippen molar-refractivity contribution in [1.29, 1.82) is 5.26 Å². The molecule has 3 N–H and O–H groups in total. The summed E-state index contributed by atoms with van der Waals surface area (Å²) in [6.07, 6.45) is 5.33. The molecule has 1 atom stereocenters. The van der Waals surface area contributed by atoms with Gasteiger partial charge in [0.1, 0.15) is 24.0 Å². The highest BCUT2D eigenvalue weighted by Gasteiger charge is 2.64. The van der Waals surface area contributed by atoms with Gasteiger partial charge in [0, 0.05) is 110 Å². The largest absolute Gasteiger partial charge is 0.488 e. The number of anilines is 2. The van der Waals surface area contributed by atoms with Crippen LogP contribution < -0.4 is 30.7 Å². The van der Waals surface area contributed by atoms with Gasteiger partial charge >= 0.3 is 0 Å². The topological polar surface area (TPSA) is 171 Å². The lowest BCUT2D eigenvalue weighted by atomic mass is 9.49. The number of nitrogens with zero attached hydrogens (tertiary/aromatic N) is 5. The molecule has 14 heteroatoms. The molecule has 3 saturated heterocycles. The molecule has 0 unspecified atom stereocenters. The normalized spacial score (nSPS) is 24.8. The van der Waals surface area contributed by atoms with Gasteiger partial charge in [-0.05, 0) is 110 Å². The number of hydrogen-bond acceptors (Lipinski definition) is 10. The van der Waals surface area contributed by atoms with Crippen LogP contribution in [-0.4, -0.2) is 102 Å². The number of pyridine rings is 1. The zero-order valence-electron chi connectivity index (χ0n) is 37.7. The van der Waals surface area contributed by atoms with E-state index in [9.17, 15) is 29.2 Å². The van der Waals surface area contributed by atoms with Gasteiger partial charge in [-0.15, -0.1) is 0 Å². The highest BCUT2D eigenvalue weighted by atomic mass is 16.5. The van der Waals surface area contributed by atoms with Crippen LogP contribution in [0.25, 0.3) is 10.9 Å². The molecule has 14 nitrogen and oxygen atoms in total. The molecule has 2 saturated carbocycles. The Morgan fingerprint density at radius 1 is 0.846 bits per heavy atom. The maximum Gasteiger partial charge on any atom is 0.255 e. The zero-order valence-corrected chi connectivity index (χ0v) is 37.7. The molecule has 3 aromatic carbocycles. The molecule has 4 aromatic rings. The van der Waals surface area contributed by atoms with Gasteiger partial charge in [0.15, 0.2) is 0 Å². The Balaban J connectivity index is 0.670. The number of rotatable bonds is 9. The van der Waals surface area contributed by atoms with Gasteiger partial charge in [-0.3, -0.25) is 34.2 Å². The highest BCUT2D eigenvalue weighted by Crippen LogP contribution is 2.56. The second-order valence-electron chi connectivity index (χ2n) is 20.7. The number of aromatic nitrogens is 1. The van der Waals surface area contributed by atoms with Crippen molar-refractivity contribution in [3.63, 3.8) is 0 Å². The summed E-state index contributed by atoms with van der Waals surface area (Å²) in [5, 5.41) is 16.0. The molecule has 5 fully saturated rings. The third-order valence-electron chi connectivity index (χ3n) is 15.9. The van der Waals surface area contributed by atoms with E-state index in [1.807, 2.05) is 24.3 Å². The predicted octanol–water partition coefficient (Wildman–Crippen LogP) is 5.59. The number of imide groups is 1. The Bertz CT molecular complexity index is 2660. The summed E-state index contributed by atoms with van der Waals surface area (Å²) < 4.78 is 6.64. The SMILES string of the molecule is CC1(C)C(NC(=O)c2ccc(N3CCC4(CC3)CC(CN3CCN(c5ccc6c(c5)CN([C@H]5CCC(=O)NC5=O)C6=O)CC3)C4)cc2)C(C)(C)C1Oc1ccc(C#N)c2[nH]c(=O)ccc12. The second kappa shape index (κ2) is 16.0. The number of benzene rings is 3. The van der Waals surface area contributed by atoms with Crippen LogP contribution in [0, 0.1) is 33.5 Å². The quantitative estimate of drug-likeness (QED) is 0.180. The van der Waals surface area contributed by atoms with Crippen molar-refractivity contribution in [2.75, 3.05) is 55.6 Å². The maximum absolute atomic E-state index is 13.7. The molecule has 1 aromatic heterocycles. The Morgan fingerprint density at radius 2 is 1.54 bits per heavy atom. The van der Waals surface area contributed by atoms with Crippen LogP contribution in [0.1, 0.15) is 98.1 Å². The Labute approximate surface area is 379 Å². The van der Waals surface area contributed by atoms with Gasteiger partial charge in [0.2, 0.25) is 17.4 Å². The fourth-order valence-corrected chi connectivity index (χ4v) is 12.6. The van der Waals surface area contributed by atoms with Gasteiger partial charge in [0.25, 0.3) is 11.8 Å². The van der Waals surface area contributed by atoms with Crippen LogP contribution in [0.3, 0.4) is 0 Å². The van der Waals surface area contributed by atoms with Crippen molar-refractivity contribution in [1.82, 2.24) is 25.4 Å². The number of aromatic amines is 1. The third kappa shape index (κ3) is 7.61. The number of amides is 4. The van der Waals surface area contributed by atoms with Gasteiger partial charge in [-0.1, -0.05) is 27.7 Å². The molecule has 1 spiro atoms. The molecule has 2 aliphatic carbocycles. The summed E-state index contributed by atoms with van der Waals surface area (Å²) in [5.74, 6) is 0.418. The van der Waals surface area contributed by atoms with E-state index in [0.29, 0.717) is 51.7 Å². The first kappa shape index (κ1) is 42.7. The van der Waals surface area contributed by atoms with E-state index in [2.05, 4.69) is 82.3 Å². The molecule has 4 aliphatic heterocycles. The number of ether oxygens (including phenoxy) is 1. The van der Waals surface area contributed by atoms with Crippen molar-refractivity contribution < 1.29 is 23.9 Å². The molecule has 10 rings (SSSR count). The van der Waals surface area contributed by atoms with Crippen molar-refractivity contribution in [2.24, 2.45) is 22.2 Å². The van der Waals surface area contributed by atoms with Gasteiger partial charge in [-0.25, -0.2) is 0 Å². The first-order valence-corrected chi connectivity index (χ1v) is 23.3. The van der Waals surface area contributed by atoms with Crippen LogP contribution in [-0.2, 0) is 16.1 Å². The van der Waals surface area contributed by atoms with Crippen molar-refractivity contribution >= 4 is 45.9 Å². The van der Waals surface area contributed by atoms with Crippen molar-refractivity contribution in [2.45, 2.75) is 91.0 Å². The zero-order chi connectivity index (χ0) is 45.4. The molecular formula is C51H58N8O6. The Morgan fingerprint density at radius 3 is 2.23 bits per heavy atom. The Hall–Kier alpha value is -6.20. The van der Waals surface area contributed by atoms with E-state index in [0.717, 1.165) is 68.7 Å². The summed E-state index contributed by atoms with van der Waals surface area (Å²) in [4.78, 5) is 74.9. The standard InChI is InChI=1S/C51H58N8O6/c1-49(2)47(50(3,4)48(49)65-40-14-7-33(28-52)43-38(40)12-15-41(60)53-43)55-44(62)32-5-8-35(9-6-32)57-19-17-51(18-20-57)26-31(27-51)29-56-21-23-58(24-22-56)36-10-11-37-34(25-36)30-59(46(37)64)39-13-16-42(61)54-45(39)63/h5-12,14-15,25,31,39,47-48H,13,16-24,26-27,29-30H2,1-4H3,(H,53,60)(H,55,62)(H,54,61,63)/t39-,47?,48?/m0/s1. The lowest BCUT2D eigenvalue weighted by molar-refractivity contribution is -0.163. The lowest BCUT2D eigenvalue weighted by Gasteiger charge is -2.63. The average molecular weight is 879 g/mol. The number of piperazine rings is 1. The molecule has 0 bridgehead atoms. The van der Waals surface area contributed by atoms with Crippen LogP contribution >= 0.6 is 0 Å². The molecular weight excluding hydrogens is 821 g/mol.